The van der Waals surface area contributed by atoms with Gasteiger partial charge in [0.2, 0.25) is 0 Å². The van der Waals surface area contributed by atoms with Gasteiger partial charge in [0.05, 0.1) is 23.9 Å². The molecule has 1 aliphatic carbocycles. The van der Waals surface area contributed by atoms with Crippen LogP contribution in [0.1, 0.15) is 0 Å². The molecule has 0 bridgehead atoms. The number of aliphatic hydroxyl groups is 3. The van der Waals surface area contributed by atoms with Crippen molar-refractivity contribution in [1.29, 1.82) is 0 Å². The molecular weight excluding hydrogens is 248 g/mol. The molecule has 2 heterocycles. The first kappa shape index (κ1) is 12.1. The maximum atomic E-state index is 10.0. The lowest BCUT2D eigenvalue weighted by Gasteiger charge is -2.16. The number of hydrogen-bond donors (Lipinski definition) is 4. The molecule has 3 atom stereocenters. The van der Waals surface area contributed by atoms with Gasteiger partial charge in [0.15, 0.2) is 5.82 Å². The van der Waals surface area contributed by atoms with Gasteiger partial charge in [-0.25, -0.2) is 9.97 Å². The van der Waals surface area contributed by atoms with Crippen LogP contribution in [0.4, 0.5) is 5.82 Å². The zero-order valence-corrected chi connectivity index (χ0v) is 10.0. The molecule has 0 radical (unpaired) electrons. The number of hydrogen-bond acceptors (Lipinski definition) is 6. The van der Waals surface area contributed by atoms with E-state index in [1.165, 1.54) is 6.33 Å². The Labute approximate surface area is 108 Å². The second kappa shape index (κ2) is 4.30. The molecule has 2 aromatic rings. The summed E-state index contributed by atoms with van der Waals surface area (Å²) in [5, 5.41) is 29.0. The quantitative estimate of drug-likeness (QED) is 0.563. The van der Waals surface area contributed by atoms with E-state index in [0.717, 1.165) is 0 Å². The van der Waals surface area contributed by atoms with Gasteiger partial charge in [-0.3, -0.25) is 4.57 Å². The molecule has 7 nitrogen and oxygen atoms in total. The largest absolute Gasteiger partial charge is 0.396 e. The first-order chi connectivity index (χ1) is 9.13. The number of anilines is 1. The van der Waals surface area contributed by atoms with Crippen LogP contribution in [-0.4, -0.2) is 48.7 Å². The Hall–Kier alpha value is -1.96. The summed E-state index contributed by atoms with van der Waals surface area (Å²) in [6, 6.07) is 1.73. The minimum atomic E-state index is -1.07. The standard InChI is InChI=1S/C12H14N4O3/c13-12-9-7(1-2-14-12)16(5-15-9)8-3-6(4-17)10(18)11(8)19/h1-3,5-6,10-11,17-19H,4H2,(H2,13,14)/t6-,10-,11+/m1/s1. The van der Waals surface area contributed by atoms with Gasteiger partial charge in [-0.1, -0.05) is 6.08 Å². The van der Waals surface area contributed by atoms with Gasteiger partial charge in [-0.2, -0.15) is 0 Å². The minimum Gasteiger partial charge on any atom is -0.396 e. The van der Waals surface area contributed by atoms with Gasteiger partial charge in [0.25, 0.3) is 0 Å². The van der Waals surface area contributed by atoms with Crippen molar-refractivity contribution in [3.63, 3.8) is 0 Å². The molecule has 0 unspecified atom stereocenters. The monoisotopic (exact) mass is 262 g/mol. The minimum absolute atomic E-state index is 0.224. The van der Waals surface area contributed by atoms with Gasteiger partial charge in [0.1, 0.15) is 17.9 Å². The van der Waals surface area contributed by atoms with Crippen LogP contribution < -0.4 is 5.73 Å². The Bertz CT molecular complexity index is 651. The number of aliphatic hydroxyl groups excluding tert-OH is 3. The summed E-state index contributed by atoms with van der Waals surface area (Å²) >= 11 is 0. The number of rotatable bonds is 2. The Kier molecular flexibility index (Phi) is 2.74. The van der Waals surface area contributed by atoms with E-state index < -0.39 is 18.1 Å². The number of nitrogens with two attached hydrogens (primary N) is 1. The molecule has 0 saturated carbocycles. The second-order valence-electron chi connectivity index (χ2n) is 4.55. The molecule has 0 aliphatic heterocycles. The predicted octanol–water partition coefficient (Wildman–Crippen LogP) is -0.802. The van der Waals surface area contributed by atoms with Crippen LogP contribution in [0, 0.1) is 5.92 Å². The second-order valence-corrected chi connectivity index (χ2v) is 4.55. The van der Waals surface area contributed by atoms with E-state index >= 15 is 0 Å². The maximum absolute atomic E-state index is 10.0. The van der Waals surface area contributed by atoms with E-state index in [-0.39, 0.29) is 6.61 Å². The number of nitrogen functional groups attached to an aromatic ring is 1. The molecule has 0 fully saturated rings. The van der Waals surface area contributed by atoms with Crippen molar-refractivity contribution in [1.82, 2.24) is 14.5 Å². The van der Waals surface area contributed by atoms with Crippen molar-refractivity contribution in [3.8, 4) is 0 Å². The van der Waals surface area contributed by atoms with Crippen molar-refractivity contribution in [3.05, 3.63) is 24.7 Å². The molecule has 5 N–H and O–H groups in total. The molecule has 100 valence electrons. The fourth-order valence-electron chi connectivity index (χ4n) is 2.38. The average Bonchev–Trinajstić information content (AvgIpc) is 2.94. The molecule has 3 rings (SSSR count). The van der Waals surface area contributed by atoms with Crippen molar-refractivity contribution < 1.29 is 15.3 Å². The van der Waals surface area contributed by atoms with E-state index in [9.17, 15) is 10.2 Å². The first-order valence-electron chi connectivity index (χ1n) is 5.90. The first-order valence-corrected chi connectivity index (χ1v) is 5.90. The van der Waals surface area contributed by atoms with Crippen molar-refractivity contribution in [2.45, 2.75) is 12.2 Å². The third kappa shape index (κ3) is 1.71. The number of pyridine rings is 1. The molecule has 0 amide bonds. The van der Waals surface area contributed by atoms with Crippen molar-refractivity contribution in [2.24, 2.45) is 5.92 Å². The lowest BCUT2D eigenvalue weighted by Crippen LogP contribution is -2.30. The average molecular weight is 262 g/mol. The van der Waals surface area contributed by atoms with E-state index in [4.69, 9.17) is 10.8 Å². The van der Waals surface area contributed by atoms with Gasteiger partial charge >= 0.3 is 0 Å². The van der Waals surface area contributed by atoms with Crippen LogP contribution in [0.25, 0.3) is 16.7 Å². The summed E-state index contributed by atoms with van der Waals surface area (Å²) in [7, 11) is 0. The Morgan fingerprint density at radius 1 is 1.32 bits per heavy atom. The van der Waals surface area contributed by atoms with Crippen molar-refractivity contribution >= 4 is 22.5 Å². The summed E-state index contributed by atoms with van der Waals surface area (Å²) in [5.41, 5.74) is 7.45. The normalized spacial score (nSPS) is 26.9. The van der Waals surface area contributed by atoms with Gasteiger partial charge in [-0.15, -0.1) is 0 Å². The number of aromatic nitrogens is 3. The van der Waals surface area contributed by atoms with Crippen LogP contribution in [0.5, 0.6) is 0 Å². The van der Waals surface area contributed by atoms with E-state index in [1.807, 2.05) is 0 Å². The van der Waals surface area contributed by atoms with Gasteiger partial charge < -0.3 is 21.1 Å². The molecule has 7 heteroatoms. The van der Waals surface area contributed by atoms with Crippen molar-refractivity contribution in [2.75, 3.05) is 12.3 Å². The number of nitrogens with zero attached hydrogens (tertiary/aromatic N) is 3. The van der Waals surface area contributed by atoms with Crippen LogP contribution in [0.15, 0.2) is 24.7 Å². The predicted molar refractivity (Wildman–Crippen MR) is 68.8 cm³/mol. The van der Waals surface area contributed by atoms with Crippen LogP contribution in [0.3, 0.4) is 0 Å². The SMILES string of the molecule is Nc1nccc2c1ncn2C1=C[C@H](CO)[C@@H](O)[C@H]1O. The third-order valence-electron chi connectivity index (χ3n) is 3.43. The topological polar surface area (TPSA) is 117 Å². The molecular formula is C12H14N4O3. The summed E-state index contributed by atoms with van der Waals surface area (Å²) in [4.78, 5) is 8.10. The molecule has 2 aromatic heterocycles. The molecule has 0 saturated heterocycles. The summed E-state index contributed by atoms with van der Waals surface area (Å²) < 4.78 is 1.65. The number of fused-ring (bicyclic) bond motifs is 1. The zero-order chi connectivity index (χ0) is 13.6. The summed E-state index contributed by atoms with van der Waals surface area (Å²) in [5.74, 6) is -0.176. The van der Waals surface area contributed by atoms with E-state index in [0.29, 0.717) is 22.5 Å². The van der Waals surface area contributed by atoms with Crippen LogP contribution >= 0.6 is 0 Å². The highest BCUT2D eigenvalue weighted by molar-refractivity contribution is 5.87. The van der Waals surface area contributed by atoms with Crippen LogP contribution in [0.2, 0.25) is 0 Å². The fourth-order valence-corrected chi connectivity index (χ4v) is 2.38. The van der Waals surface area contributed by atoms with Gasteiger partial charge in [0, 0.05) is 12.1 Å². The lowest BCUT2D eigenvalue weighted by molar-refractivity contribution is 0.0199. The third-order valence-corrected chi connectivity index (χ3v) is 3.43. The maximum Gasteiger partial charge on any atom is 0.151 e. The molecule has 0 spiro atoms. The molecule has 19 heavy (non-hydrogen) atoms. The zero-order valence-electron chi connectivity index (χ0n) is 10.0. The Morgan fingerprint density at radius 3 is 2.79 bits per heavy atom. The fraction of sp³-hybridized carbons (Fsp3) is 0.333. The van der Waals surface area contributed by atoms with E-state index in [1.54, 1.807) is 22.9 Å². The highest BCUT2D eigenvalue weighted by Crippen LogP contribution is 2.31. The number of imidazole rings is 1. The molecule has 0 aromatic carbocycles. The van der Waals surface area contributed by atoms with E-state index in [2.05, 4.69) is 9.97 Å². The van der Waals surface area contributed by atoms with Gasteiger partial charge in [-0.05, 0) is 6.07 Å². The summed E-state index contributed by atoms with van der Waals surface area (Å²) in [6.45, 7) is -0.224. The highest BCUT2D eigenvalue weighted by atomic mass is 16.3. The molecule has 1 aliphatic rings. The van der Waals surface area contributed by atoms with Crippen LogP contribution in [-0.2, 0) is 0 Å². The lowest BCUT2D eigenvalue weighted by atomic mass is 10.1. The smallest absolute Gasteiger partial charge is 0.151 e. The summed E-state index contributed by atoms with van der Waals surface area (Å²) in [6.07, 6.45) is 2.63. The highest BCUT2D eigenvalue weighted by Gasteiger charge is 2.35. The Morgan fingerprint density at radius 2 is 2.11 bits per heavy atom. The Balaban J connectivity index is 2.13.